The van der Waals surface area contributed by atoms with Crippen LogP contribution in [0.15, 0.2) is 0 Å². The highest BCUT2D eigenvalue weighted by atomic mass is 127. The Labute approximate surface area is 82.1 Å². The lowest BCUT2D eigenvalue weighted by Gasteiger charge is -2.00. The number of sulfonamides is 1. The van der Waals surface area contributed by atoms with Crippen LogP contribution in [0.25, 0.3) is 0 Å². The van der Waals surface area contributed by atoms with Gasteiger partial charge in [0.2, 0.25) is 10.0 Å². The van der Waals surface area contributed by atoms with Gasteiger partial charge >= 0.3 is 0 Å². The van der Waals surface area contributed by atoms with Crippen LogP contribution in [0.2, 0.25) is 0 Å². The molecule has 0 saturated heterocycles. The normalized spacial score (nSPS) is 11.8. The van der Waals surface area contributed by atoms with E-state index in [2.05, 4.69) is 27.3 Å². The molecule has 0 bridgehead atoms. The molecule has 0 aromatic carbocycles. The first kappa shape index (κ1) is 11.6. The summed E-state index contributed by atoms with van der Waals surface area (Å²) in [5.74, 6) is 0. The summed E-state index contributed by atoms with van der Waals surface area (Å²) in [5, 5.41) is 0. The van der Waals surface area contributed by atoms with Gasteiger partial charge in [-0.2, -0.15) is 0 Å². The van der Waals surface area contributed by atoms with Crippen molar-refractivity contribution in [2.75, 3.05) is 17.2 Å². The lowest BCUT2D eigenvalue weighted by atomic mass is 10.3. The van der Waals surface area contributed by atoms with Gasteiger partial charge in [0, 0.05) is 6.54 Å². The SMILES string of the molecule is CS(=O)(=O)NCCCCCI. The second kappa shape index (κ2) is 6.19. The number of nitrogens with one attached hydrogen (secondary N) is 1. The van der Waals surface area contributed by atoms with Crippen molar-refractivity contribution in [1.29, 1.82) is 0 Å². The summed E-state index contributed by atoms with van der Waals surface area (Å²) in [7, 11) is -2.96. The van der Waals surface area contributed by atoms with Crippen molar-refractivity contribution in [3.63, 3.8) is 0 Å². The number of unbranched alkanes of at least 4 members (excludes halogenated alkanes) is 2. The third kappa shape index (κ3) is 10.6. The van der Waals surface area contributed by atoms with Crippen LogP contribution in [0.4, 0.5) is 0 Å². The Balaban J connectivity index is 3.16. The van der Waals surface area contributed by atoms with Gasteiger partial charge in [0.25, 0.3) is 0 Å². The van der Waals surface area contributed by atoms with Gasteiger partial charge in [-0.3, -0.25) is 0 Å². The van der Waals surface area contributed by atoms with E-state index in [1.54, 1.807) is 0 Å². The highest BCUT2D eigenvalue weighted by Crippen LogP contribution is 1.97. The van der Waals surface area contributed by atoms with Gasteiger partial charge < -0.3 is 0 Å². The van der Waals surface area contributed by atoms with Crippen LogP contribution in [-0.4, -0.2) is 25.6 Å². The standard InChI is InChI=1S/C6H14INO2S/c1-11(9,10)8-6-4-2-3-5-7/h8H,2-6H2,1H3. The number of alkyl halides is 1. The second-order valence-corrected chi connectivity index (χ2v) is 5.33. The zero-order chi connectivity index (χ0) is 8.74. The molecular formula is C6H14INO2S. The zero-order valence-electron chi connectivity index (χ0n) is 6.64. The summed E-state index contributed by atoms with van der Waals surface area (Å²) in [6, 6.07) is 0. The summed E-state index contributed by atoms with van der Waals surface area (Å²) >= 11 is 2.32. The van der Waals surface area contributed by atoms with Gasteiger partial charge in [0.05, 0.1) is 6.26 Å². The quantitative estimate of drug-likeness (QED) is 0.453. The van der Waals surface area contributed by atoms with Crippen molar-refractivity contribution in [3.8, 4) is 0 Å². The lowest BCUT2D eigenvalue weighted by Crippen LogP contribution is -2.22. The number of hydrogen-bond acceptors (Lipinski definition) is 2. The fourth-order valence-electron chi connectivity index (χ4n) is 0.654. The molecule has 0 aromatic heterocycles. The van der Waals surface area contributed by atoms with Crippen LogP contribution in [0.5, 0.6) is 0 Å². The third-order valence-electron chi connectivity index (χ3n) is 1.17. The largest absolute Gasteiger partial charge is 0.215 e. The fourth-order valence-corrected chi connectivity index (χ4v) is 1.71. The smallest absolute Gasteiger partial charge is 0.208 e. The number of halogens is 1. The highest BCUT2D eigenvalue weighted by Gasteiger charge is 1.97. The molecular weight excluding hydrogens is 277 g/mol. The molecule has 0 aromatic rings. The Morgan fingerprint density at radius 2 is 1.91 bits per heavy atom. The van der Waals surface area contributed by atoms with Crippen LogP contribution in [0, 0.1) is 0 Å². The molecule has 0 aliphatic rings. The first-order valence-corrected chi connectivity index (χ1v) is 6.98. The average molecular weight is 291 g/mol. The van der Waals surface area contributed by atoms with Crippen LogP contribution < -0.4 is 4.72 Å². The van der Waals surface area contributed by atoms with Crippen LogP contribution in [0.3, 0.4) is 0 Å². The van der Waals surface area contributed by atoms with Crippen molar-refractivity contribution in [2.45, 2.75) is 19.3 Å². The molecule has 0 heterocycles. The summed E-state index contributed by atoms with van der Waals surface area (Å²) < 4.78 is 24.7. The molecule has 0 amide bonds. The van der Waals surface area contributed by atoms with Crippen molar-refractivity contribution >= 4 is 32.6 Å². The first-order chi connectivity index (χ1) is 5.06. The number of rotatable bonds is 6. The molecule has 0 saturated carbocycles. The van der Waals surface area contributed by atoms with E-state index in [4.69, 9.17) is 0 Å². The van der Waals surface area contributed by atoms with Gasteiger partial charge in [-0.25, -0.2) is 13.1 Å². The average Bonchev–Trinajstić information content (AvgIpc) is 1.85. The van der Waals surface area contributed by atoms with Gasteiger partial charge in [-0.05, 0) is 17.3 Å². The Kier molecular flexibility index (Phi) is 6.55. The van der Waals surface area contributed by atoms with E-state index in [1.807, 2.05) is 0 Å². The first-order valence-electron chi connectivity index (χ1n) is 3.57. The maximum atomic E-state index is 10.6. The van der Waals surface area contributed by atoms with Crippen LogP contribution in [-0.2, 0) is 10.0 Å². The molecule has 0 rings (SSSR count). The van der Waals surface area contributed by atoms with Crippen LogP contribution >= 0.6 is 22.6 Å². The molecule has 0 fully saturated rings. The Morgan fingerprint density at radius 1 is 1.27 bits per heavy atom. The summed E-state index contributed by atoms with van der Waals surface area (Å²) in [4.78, 5) is 0. The Bertz CT molecular complexity index is 179. The van der Waals surface area contributed by atoms with Gasteiger partial charge in [0.1, 0.15) is 0 Å². The molecule has 0 aliphatic carbocycles. The van der Waals surface area contributed by atoms with Gasteiger partial charge in [-0.15, -0.1) is 0 Å². The van der Waals surface area contributed by atoms with Crippen molar-refractivity contribution in [3.05, 3.63) is 0 Å². The van der Waals surface area contributed by atoms with Gasteiger partial charge in [0.15, 0.2) is 0 Å². The maximum Gasteiger partial charge on any atom is 0.208 e. The molecule has 0 aliphatic heterocycles. The molecule has 0 spiro atoms. The molecule has 0 radical (unpaired) electrons. The maximum absolute atomic E-state index is 10.6. The Hall–Kier alpha value is 0.640. The molecule has 5 heteroatoms. The fraction of sp³-hybridized carbons (Fsp3) is 1.00. The zero-order valence-corrected chi connectivity index (χ0v) is 9.61. The van der Waals surface area contributed by atoms with E-state index in [0.717, 1.165) is 17.3 Å². The topological polar surface area (TPSA) is 46.2 Å². The number of hydrogen-bond donors (Lipinski definition) is 1. The third-order valence-corrected chi connectivity index (χ3v) is 2.67. The molecule has 68 valence electrons. The minimum absolute atomic E-state index is 0.579. The predicted octanol–water partition coefficient (Wildman–Crippen LogP) is 1.14. The molecule has 1 N–H and O–H groups in total. The van der Waals surface area contributed by atoms with E-state index in [9.17, 15) is 8.42 Å². The van der Waals surface area contributed by atoms with Crippen molar-refractivity contribution in [2.24, 2.45) is 0 Å². The lowest BCUT2D eigenvalue weighted by molar-refractivity contribution is 0.582. The summed E-state index contributed by atoms with van der Waals surface area (Å²) in [5.41, 5.74) is 0. The van der Waals surface area contributed by atoms with Crippen molar-refractivity contribution < 1.29 is 8.42 Å². The highest BCUT2D eigenvalue weighted by molar-refractivity contribution is 14.1. The molecule has 11 heavy (non-hydrogen) atoms. The minimum atomic E-state index is -2.96. The minimum Gasteiger partial charge on any atom is -0.215 e. The predicted molar refractivity (Wildman–Crippen MR) is 55.6 cm³/mol. The van der Waals surface area contributed by atoms with E-state index >= 15 is 0 Å². The van der Waals surface area contributed by atoms with E-state index in [-0.39, 0.29) is 0 Å². The molecule has 3 nitrogen and oxygen atoms in total. The van der Waals surface area contributed by atoms with E-state index < -0.39 is 10.0 Å². The second-order valence-electron chi connectivity index (χ2n) is 2.42. The molecule has 0 atom stereocenters. The van der Waals surface area contributed by atoms with Gasteiger partial charge in [-0.1, -0.05) is 29.0 Å². The van der Waals surface area contributed by atoms with Crippen LogP contribution in [0.1, 0.15) is 19.3 Å². The monoisotopic (exact) mass is 291 g/mol. The van der Waals surface area contributed by atoms with E-state index in [0.29, 0.717) is 6.54 Å². The Morgan fingerprint density at radius 3 is 2.36 bits per heavy atom. The summed E-state index contributed by atoms with van der Waals surface area (Å²) in [6.07, 6.45) is 4.40. The summed E-state index contributed by atoms with van der Waals surface area (Å²) in [6.45, 7) is 0.579. The van der Waals surface area contributed by atoms with E-state index in [1.165, 1.54) is 12.7 Å². The van der Waals surface area contributed by atoms with Crippen molar-refractivity contribution in [1.82, 2.24) is 4.72 Å². The molecule has 0 unspecified atom stereocenters.